The van der Waals surface area contributed by atoms with E-state index >= 15 is 0 Å². The fourth-order valence-corrected chi connectivity index (χ4v) is 12.4. The lowest BCUT2D eigenvalue weighted by Crippen LogP contribution is -2.61. The van der Waals surface area contributed by atoms with Gasteiger partial charge in [-0.25, -0.2) is 0 Å². The van der Waals surface area contributed by atoms with E-state index in [1.807, 2.05) is 12.1 Å². The van der Waals surface area contributed by atoms with Crippen LogP contribution in [0.5, 0.6) is 0 Å². The van der Waals surface area contributed by atoms with E-state index in [9.17, 15) is 0 Å². The van der Waals surface area contributed by atoms with Crippen molar-refractivity contribution in [2.45, 2.75) is 87.0 Å². The van der Waals surface area contributed by atoms with E-state index < -0.39 is 0 Å². The molecule has 352 valence electrons. The Labute approximate surface area is 423 Å². The highest BCUT2D eigenvalue weighted by Gasteiger charge is 2.44. The van der Waals surface area contributed by atoms with Crippen molar-refractivity contribution < 1.29 is 8.83 Å². The van der Waals surface area contributed by atoms with E-state index in [-0.39, 0.29) is 17.5 Å². The summed E-state index contributed by atoms with van der Waals surface area (Å²) in [7, 11) is 0. The normalized spacial score (nSPS) is 13.4. The molecule has 0 spiro atoms. The average molecular weight is 935 g/mol. The van der Waals surface area contributed by atoms with Crippen LogP contribution in [-0.2, 0) is 10.8 Å². The fraction of sp³-hybridized carbons (Fsp3) is 0.194. The number of benzene rings is 9. The van der Waals surface area contributed by atoms with Crippen molar-refractivity contribution in [2.75, 3.05) is 9.80 Å². The summed E-state index contributed by atoms with van der Waals surface area (Å²) >= 11 is 0. The van der Waals surface area contributed by atoms with Crippen LogP contribution in [0, 0.1) is 34.6 Å². The summed E-state index contributed by atoms with van der Waals surface area (Å²) in [5.74, 6) is 0. The van der Waals surface area contributed by atoms with Crippen LogP contribution >= 0.6 is 0 Å². The van der Waals surface area contributed by atoms with E-state index in [0.717, 1.165) is 55.3 Å². The first-order valence-corrected chi connectivity index (χ1v) is 25.6. The van der Waals surface area contributed by atoms with Gasteiger partial charge in [0.15, 0.2) is 0 Å². The second kappa shape index (κ2) is 15.6. The molecular weight excluding hydrogens is 876 g/mol. The van der Waals surface area contributed by atoms with E-state index in [1.54, 1.807) is 0 Å². The molecule has 0 fully saturated rings. The Kier molecular flexibility index (Phi) is 9.59. The molecule has 0 unspecified atom stereocenters. The number of anilines is 6. The Bertz CT molecular complexity index is 4050. The van der Waals surface area contributed by atoms with Gasteiger partial charge in [-0.3, -0.25) is 0 Å². The van der Waals surface area contributed by atoms with E-state index in [4.69, 9.17) is 8.83 Å². The van der Waals surface area contributed by atoms with Crippen LogP contribution in [0.2, 0.25) is 0 Å². The average Bonchev–Trinajstić information content (AvgIpc) is 3.90. The standard InChI is InChI=1S/C67H59BN2O2/c1-38-28-57-65-58(29-38)70(48-32-41(4)64(42(5)33-48)44-21-25-52-50-17-13-15-19-60(50)72-62(52)35-44)56-37-46(67(9,10)11)22-26-53(56)68(65)54-36-45(66(6,7)8)23-27-55(54)69(57)47-30-39(2)63(40(3)31-47)43-20-24-51-49-16-12-14-18-59(49)71-61(51)34-43/h12-37H,1-11H3. The fourth-order valence-electron chi connectivity index (χ4n) is 12.4. The molecule has 0 radical (unpaired) electrons. The molecule has 2 aliphatic rings. The number of hydrogen-bond donors (Lipinski definition) is 0. The summed E-state index contributed by atoms with van der Waals surface area (Å²) in [6.45, 7) is 25.4. The van der Waals surface area contributed by atoms with Crippen LogP contribution in [0.25, 0.3) is 66.1 Å². The maximum Gasteiger partial charge on any atom is 0.252 e. The zero-order chi connectivity index (χ0) is 49.7. The highest BCUT2D eigenvalue weighted by Crippen LogP contribution is 2.48. The van der Waals surface area contributed by atoms with Crippen molar-refractivity contribution in [3.63, 3.8) is 0 Å². The van der Waals surface area contributed by atoms with Crippen LogP contribution in [0.1, 0.15) is 80.5 Å². The minimum atomic E-state index is -0.0515. The Morgan fingerprint density at radius 2 is 0.819 bits per heavy atom. The van der Waals surface area contributed by atoms with Crippen molar-refractivity contribution in [2.24, 2.45) is 0 Å². The van der Waals surface area contributed by atoms with Crippen molar-refractivity contribution in [1.82, 2.24) is 0 Å². The van der Waals surface area contributed by atoms with Gasteiger partial charge in [0, 0.05) is 55.7 Å². The molecule has 9 aromatic carbocycles. The number of fused-ring (bicyclic) bond motifs is 10. The molecule has 0 aliphatic carbocycles. The highest BCUT2D eigenvalue weighted by atomic mass is 16.3. The van der Waals surface area contributed by atoms with Gasteiger partial charge in [-0.1, -0.05) is 114 Å². The summed E-state index contributed by atoms with van der Waals surface area (Å²) < 4.78 is 12.8. The number of furan rings is 2. The molecule has 2 aliphatic heterocycles. The minimum Gasteiger partial charge on any atom is -0.456 e. The van der Waals surface area contributed by atoms with Gasteiger partial charge in [-0.2, -0.15) is 0 Å². The maximum absolute atomic E-state index is 6.42. The number of nitrogens with zero attached hydrogens (tertiary/aromatic N) is 2. The highest BCUT2D eigenvalue weighted by molar-refractivity contribution is 7.00. The zero-order valence-electron chi connectivity index (χ0n) is 43.3. The van der Waals surface area contributed by atoms with E-state index in [1.165, 1.54) is 100 Å². The predicted molar refractivity (Wildman–Crippen MR) is 307 cm³/mol. The number of para-hydroxylation sites is 2. The number of rotatable bonds is 4. The molecule has 0 N–H and O–H groups in total. The van der Waals surface area contributed by atoms with Crippen molar-refractivity contribution in [3.8, 4) is 22.3 Å². The maximum atomic E-state index is 6.42. The molecule has 0 saturated heterocycles. The molecular formula is C67H59BN2O2. The van der Waals surface area contributed by atoms with Gasteiger partial charge in [0.25, 0.3) is 6.71 Å². The first kappa shape index (κ1) is 44.2. The molecule has 4 nitrogen and oxygen atoms in total. The Hall–Kier alpha value is -7.76. The van der Waals surface area contributed by atoms with Crippen LogP contribution in [0.3, 0.4) is 0 Å². The lowest BCUT2D eigenvalue weighted by molar-refractivity contribution is 0.590. The van der Waals surface area contributed by atoms with Crippen molar-refractivity contribution in [3.05, 3.63) is 197 Å². The van der Waals surface area contributed by atoms with Crippen molar-refractivity contribution >= 4 is 101 Å². The summed E-state index contributed by atoms with van der Waals surface area (Å²) in [5.41, 5.74) is 28.4. The van der Waals surface area contributed by atoms with Gasteiger partial charge in [0.2, 0.25) is 0 Å². The first-order valence-electron chi connectivity index (χ1n) is 25.6. The van der Waals surface area contributed by atoms with Crippen LogP contribution in [0.4, 0.5) is 34.1 Å². The summed E-state index contributed by atoms with van der Waals surface area (Å²) in [4.78, 5) is 5.15. The number of aryl methyl sites for hydroxylation is 5. The minimum absolute atomic E-state index is 0.0124. The lowest BCUT2D eigenvalue weighted by Gasteiger charge is -2.45. The largest absolute Gasteiger partial charge is 0.456 e. The Morgan fingerprint density at radius 3 is 1.32 bits per heavy atom. The summed E-state index contributed by atoms with van der Waals surface area (Å²) in [6, 6.07) is 59.2. The van der Waals surface area contributed by atoms with Crippen molar-refractivity contribution in [1.29, 1.82) is 0 Å². The number of hydrogen-bond acceptors (Lipinski definition) is 4. The molecule has 0 bridgehead atoms. The molecule has 5 heteroatoms. The smallest absolute Gasteiger partial charge is 0.252 e. The van der Waals surface area contributed by atoms with Crippen LogP contribution < -0.4 is 26.2 Å². The molecule has 0 atom stereocenters. The van der Waals surface area contributed by atoms with E-state index in [2.05, 4.69) is 232 Å². The van der Waals surface area contributed by atoms with Crippen LogP contribution in [0.15, 0.2) is 167 Å². The third-order valence-electron chi connectivity index (χ3n) is 15.8. The summed E-state index contributed by atoms with van der Waals surface area (Å²) in [5, 5.41) is 4.59. The second-order valence-corrected chi connectivity index (χ2v) is 22.9. The van der Waals surface area contributed by atoms with Gasteiger partial charge >= 0.3 is 0 Å². The summed E-state index contributed by atoms with van der Waals surface area (Å²) in [6.07, 6.45) is 0. The SMILES string of the molecule is Cc1cc2c3c(c1)N(c1cc(C)c(-c4ccc5c(c4)oc4ccccc45)c(C)c1)c1cc(C(C)(C)C)ccc1B3c1cc(C(C)(C)C)ccc1N2c1cc(C)c(-c2ccc3c(c2)oc2ccccc23)c(C)c1. The van der Waals surface area contributed by atoms with Crippen LogP contribution in [-0.4, -0.2) is 6.71 Å². The third kappa shape index (κ3) is 6.73. The molecule has 0 saturated carbocycles. The molecule has 2 aromatic heterocycles. The second-order valence-electron chi connectivity index (χ2n) is 22.9. The molecule has 4 heterocycles. The Balaban J connectivity index is 1.02. The van der Waals surface area contributed by atoms with Gasteiger partial charge in [-0.05, 0) is 208 Å². The van der Waals surface area contributed by atoms with E-state index in [0.29, 0.717) is 0 Å². The molecule has 0 amide bonds. The molecule has 13 rings (SSSR count). The molecule has 72 heavy (non-hydrogen) atoms. The Morgan fingerprint density at radius 1 is 0.375 bits per heavy atom. The molecule has 11 aromatic rings. The van der Waals surface area contributed by atoms with Gasteiger partial charge in [0.05, 0.1) is 0 Å². The first-order chi connectivity index (χ1) is 34.5. The van der Waals surface area contributed by atoms with Gasteiger partial charge in [-0.15, -0.1) is 0 Å². The lowest BCUT2D eigenvalue weighted by atomic mass is 9.33. The van der Waals surface area contributed by atoms with Gasteiger partial charge < -0.3 is 18.6 Å². The van der Waals surface area contributed by atoms with Gasteiger partial charge in [0.1, 0.15) is 22.3 Å². The quantitative estimate of drug-likeness (QED) is 0.165. The topological polar surface area (TPSA) is 32.8 Å². The predicted octanol–water partition coefficient (Wildman–Crippen LogP) is 17.0. The monoisotopic (exact) mass is 934 g/mol. The third-order valence-corrected chi connectivity index (χ3v) is 15.8. The zero-order valence-corrected chi connectivity index (χ0v) is 43.3.